The summed E-state index contributed by atoms with van der Waals surface area (Å²) < 4.78 is 10.8. The molecule has 1 aliphatic rings. The smallest absolute Gasteiger partial charge is 0.122 e. The van der Waals surface area contributed by atoms with Crippen molar-refractivity contribution >= 4 is 0 Å². The van der Waals surface area contributed by atoms with Crippen molar-refractivity contribution in [3.8, 4) is 11.5 Å². The Hall–Kier alpha value is -1.22. The second kappa shape index (κ2) is 4.57. The maximum absolute atomic E-state index is 5.47. The van der Waals surface area contributed by atoms with E-state index in [0.717, 1.165) is 24.6 Å². The van der Waals surface area contributed by atoms with Crippen LogP contribution in [-0.4, -0.2) is 27.3 Å². The van der Waals surface area contributed by atoms with E-state index in [1.165, 1.54) is 5.56 Å². The fourth-order valence-electron chi connectivity index (χ4n) is 2.58. The van der Waals surface area contributed by atoms with Crippen molar-refractivity contribution in [1.29, 1.82) is 0 Å². The van der Waals surface area contributed by atoms with Crippen LogP contribution in [0, 0.1) is 5.41 Å². The Morgan fingerprint density at radius 1 is 1.24 bits per heavy atom. The highest BCUT2D eigenvalue weighted by atomic mass is 16.5. The first-order valence-corrected chi connectivity index (χ1v) is 6.01. The largest absolute Gasteiger partial charge is 0.497 e. The summed E-state index contributed by atoms with van der Waals surface area (Å²) in [5, 5.41) is 3.45. The lowest BCUT2D eigenvalue weighted by Crippen LogP contribution is -2.21. The van der Waals surface area contributed by atoms with E-state index in [2.05, 4.69) is 25.2 Å². The lowest BCUT2D eigenvalue weighted by molar-refractivity contribution is 0.342. The fraction of sp³-hybridized carbons (Fsp3) is 0.571. The summed E-state index contributed by atoms with van der Waals surface area (Å²) >= 11 is 0. The minimum absolute atomic E-state index is 0.250. The third-order valence-corrected chi connectivity index (χ3v) is 3.68. The lowest BCUT2D eigenvalue weighted by atomic mass is 9.77. The average Bonchev–Trinajstić information content (AvgIpc) is 2.68. The topological polar surface area (TPSA) is 30.5 Å². The van der Waals surface area contributed by atoms with Gasteiger partial charge in [-0.3, -0.25) is 0 Å². The molecule has 0 bridgehead atoms. The average molecular weight is 235 g/mol. The van der Waals surface area contributed by atoms with E-state index < -0.39 is 0 Å². The van der Waals surface area contributed by atoms with Gasteiger partial charge in [-0.05, 0) is 23.6 Å². The molecule has 1 atom stereocenters. The molecule has 0 aromatic heterocycles. The van der Waals surface area contributed by atoms with Gasteiger partial charge in [0.15, 0.2) is 0 Å². The number of hydrogen-bond donors (Lipinski definition) is 1. The van der Waals surface area contributed by atoms with Crippen LogP contribution in [-0.2, 0) is 0 Å². The second-order valence-electron chi connectivity index (χ2n) is 5.28. The van der Waals surface area contributed by atoms with Crippen LogP contribution in [0.25, 0.3) is 0 Å². The summed E-state index contributed by atoms with van der Waals surface area (Å²) in [7, 11) is 3.42. The summed E-state index contributed by atoms with van der Waals surface area (Å²) in [5.74, 6) is 2.31. The molecular weight excluding hydrogens is 214 g/mol. The highest BCUT2D eigenvalue weighted by Gasteiger charge is 2.37. The molecule has 1 N–H and O–H groups in total. The first-order valence-electron chi connectivity index (χ1n) is 6.01. The number of nitrogens with one attached hydrogen (secondary N) is 1. The zero-order chi connectivity index (χ0) is 12.5. The number of methoxy groups -OCH3 is 2. The van der Waals surface area contributed by atoms with Gasteiger partial charge in [-0.25, -0.2) is 0 Å². The molecule has 0 spiro atoms. The highest BCUT2D eigenvalue weighted by Crippen LogP contribution is 2.43. The Bertz CT molecular complexity index is 401. The van der Waals surface area contributed by atoms with Crippen LogP contribution in [0.2, 0.25) is 0 Å². The molecule has 17 heavy (non-hydrogen) atoms. The van der Waals surface area contributed by atoms with Gasteiger partial charge in [0.2, 0.25) is 0 Å². The molecule has 2 rings (SSSR count). The van der Waals surface area contributed by atoms with Crippen molar-refractivity contribution in [2.24, 2.45) is 5.41 Å². The molecule has 1 aromatic rings. The van der Waals surface area contributed by atoms with Crippen molar-refractivity contribution in [3.05, 3.63) is 23.8 Å². The van der Waals surface area contributed by atoms with Gasteiger partial charge in [0.25, 0.3) is 0 Å². The van der Waals surface area contributed by atoms with Crippen molar-refractivity contribution in [2.45, 2.75) is 19.8 Å². The van der Waals surface area contributed by atoms with E-state index in [1.807, 2.05) is 12.1 Å². The van der Waals surface area contributed by atoms with Crippen LogP contribution in [0.15, 0.2) is 18.2 Å². The molecule has 0 aliphatic carbocycles. The predicted molar refractivity (Wildman–Crippen MR) is 68.9 cm³/mol. The van der Waals surface area contributed by atoms with Crippen LogP contribution in [0.5, 0.6) is 11.5 Å². The minimum Gasteiger partial charge on any atom is -0.497 e. The highest BCUT2D eigenvalue weighted by molar-refractivity contribution is 5.44. The van der Waals surface area contributed by atoms with Crippen LogP contribution in [0.1, 0.15) is 25.3 Å². The molecular formula is C14H21NO2. The molecule has 0 amide bonds. The molecule has 94 valence electrons. The zero-order valence-corrected chi connectivity index (χ0v) is 11.0. The van der Waals surface area contributed by atoms with Gasteiger partial charge in [0, 0.05) is 24.6 Å². The maximum atomic E-state index is 5.47. The van der Waals surface area contributed by atoms with Gasteiger partial charge in [-0.15, -0.1) is 0 Å². The van der Waals surface area contributed by atoms with Gasteiger partial charge >= 0.3 is 0 Å². The van der Waals surface area contributed by atoms with E-state index in [0.29, 0.717) is 5.92 Å². The number of hydrogen-bond acceptors (Lipinski definition) is 3. The summed E-state index contributed by atoms with van der Waals surface area (Å²) in [6.07, 6.45) is 0. The molecule has 0 unspecified atom stereocenters. The number of benzene rings is 1. The van der Waals surface area contributed by atoms with E-state index in [1.54, 1.807) is 14.2 Å². The monoisotopic (exact) mass is 235 g/mol. The summed E-state index contributed by atoms with van der Waals surface area (Å²) in [6, 6.07) is 6.03. The van der Waals surface area contributed by atoms with Crippen LogP contribution >= 0.6 is 0 Å². The Kier molecular flexibility index (Phi) is 3.29. The Balaban J connectivity index is 2.42. The summed E-state index contributed by atoms with van der Waals surface area (Å²) in [5.41, 5.74) is 1.49. The summed E-state index contributed by atoms with van der Waals surface area (Å²) in [4.78, 5) is 0. The van der Waals surface area contributed by atoms with Crippen LogP contribution in [0.3, 0.4) is 0 Å². The van der Waals surface area contributed by atoms with Gasteiger partial charge in [-0.2, -0.15) is 0 Å². The zero-order valence-electron chi connectivity index (χ0n) is 11.0. The standard InChI is InChI=1S/C14H21NO2/c1-14(2)9-15-8-12(14)11-7-10(16-3)5-6-13(11)17-4/h5-7,12,15H,8-9H2,1-4H3/t12-/m0/s1. The molecule has 1 fully saturated rings. The molecule has 1 saturated heterocycles. The summed E-state index contributed by atoms with van der Waals surface area (Å²) in [6.45, 7) is 6.61. The number of ether oxygens (including phenoxy) is 2. The van der Waals surface area contributed by atoms with Crippen molar-refractivity contribution < 1.29 is 9.47 Å². The van der Waals surface area contributed by atoms with Crippen molar-refractivity contribution in [1.82, 2.24) is 5.32 Å². The van der Waals surface area contributed by atoms with Gasteiger partial charge in [-0.1, -0.05) is 13.8 Å². The maximum Gasteiger partial charge on any atom is 0.122 e. The van der Waals surface area contributed by atoms with E-state index in [-0.39, 0.29) is 5.41 Å². The quantitative estimate of drug-likeness (QED) is 0.872. The second-order valence-corrected chi connectivity index (χ2v) is 5.28. The molecule has 0 radical (unpaired) electrons. The van der Waals surface area contributed by atoms with E-state index in [9.17, 15) is 0 Å². The third kappa shape index (κ3) is 2.25. The Morgan fingerprint density at radius 2 is 2.00 bits per heavy atom. The SMILES string of the molecule is COc1ccc(OC)c([C@@H]2CNCC2(C)C)c1. The van der Waals surface area contributed by atoms with Crippen molar-refractivity contribution in [2.75, 3.05) is 27.3 Å². The fourth-order valence-corrected chi connectivity index (χ4v) is 2.58. The van der Waals surface area contributed by atoms with Crippen molar-refractivity contribution in [3.63, 3.8) is 0 Å². The molecule has 3 nitrogen and oxygen atoms in total. The first kappa shape index (κ1) is 12.2. The molecule has 1 aliphatic heterocycles. The lowest BCUT2D eigenvalue weighted by Gasteiger charge is -2.27. The van der Waals surface area contributed by atoms with Gasteiger partial charge in [0.1, 0.15) is 11.5 Å². The molecule has 3 heteroatoms. The molecule has 0 saturated carbocycles. The normalized spacial score (nSPS) is 22.5. The van der Waals surface area contributed by atoms with Crippen LogP contribution < -0.4 is 14.8 Å². The van der Waals surface area contributed by atoms with E-state index in [4.69, 9.17) is 9.47 Å². The number of rotatable bonds is 3. The Labute approximate surface area is 103 Å². The molecule has 1 aromatic carbocycles. The minimum atomic E-state index is 0.250. The van der Waals surface area contributed by atoms with E-state index >= 15 is 0 Å². The van der Waals surface area contributed by atoms with Crippen LogP contribution in [0.4, 0.5) is 0 Å². The Morgan fingerprint density at radius 3 is 2.53 bits per heavy atom. The first-order chi connectivity index (χ1) is 8.08. The van der Waals surface area contributed by atoms with Gasteiger partial charge < -0.3 is 14.8 Å². The third-order valence-electron chi connectivity index (χ3n) is 3.68. The van der Waals surface area contributed by atoms with Gasteiger partial charge in [0.05, 0.1) is 14.2 Å². The molecule has 1 heterocycles. The predicted octanol–water partition coefficient (Wildman–Crippen LogP) is 2.42.